The predicted octanol–water partition coefficient (Wildman–Crippen LogP) is 2.21. The first-order valence-corrected chi connectivity index (χ1v) is 4.60. The summed E-state index contributed by atoms with van der Waals surface area (Å²) >= 11 is 0. The van der Waals surface area contributed by atoms with Crippen molar-refractivity contribution in [1.82, 2.24) is 9.78 Å². The van der Waals surface area contributed by atoms with Gasteiger partial charge in [-0.15, -0.1) is 0 Å². The topological polar surface area (TPSA) is 43.8 Å². The van der Waals surface area contributed by atoms with Crippen LogP contribution in [0, 0.1) is 0 Å². The van der Waals surface area contributed by atoms with Gasteiger partial charge in [0.15, 0.2) is 0 Å². The van der Waals surface area contributed by atoms with Crippen LogP contribution in [0.5, 0.6) is 0 Å². The van der Waals surface area contributed by atoms with Gasteiger partial charge >= 0.3 is 0 Å². The number of nitrogen functional groups attached to an aromatic ring is 1. The molecule has 0 saturated heterocycles. The Morgan fingerprint density at radius 2 is 2.29 bits per heavy atom. The molecule has 3 nitrogen and oxygen atoms in total. The summed E-state index contributed by atoms with van der Waals surface area (Å²) in [4.78, 5) is 0. The number of hydrogen-bond donors (Lipinski definition) is 1. The minimum Gasteiger partial charge on any atom is -0.396 e. The maximum Gasteiger partial charge on any atom is 0.0724 e. The Morgan fingerprint density at radius 3 is 3.00 bits per heavy atom. The number of rotatable bonds is 1. The molecule has 0 unspecified atom stereocenters. The fraction of sp³-hybridized carbons (Fsp3) is 0.182. The first kappa shape index (κ1) is 8.81. The quantitative estimate of drug-likeness (QED) is 0.732. The van der Waals surface area contributed by atoms with E-state index in [4.69, 9.17) is 5.73 Å². The Balaban J connectivity index is 2.35. The number of nitrogens with zero attached hydrogens (tertiary/aromatic N) is 2. The van der Waals surface area contributed by atoms with Gasteiger partial charge in [-0.25, -0.2) is 4.68 Å². The van der Waals surface area contributed by atoms with E-state index in [1.165, 1.54) is 5.57 Å². The van der Waals surface area contributed by atoms with E-state index in [1.807, 2.05) is 12.3 Å². The normalized spacial score (nSPS) is 16.1. The van der Waals surface area contributed by atoms with E-state index in [9.17, 15) is 0 Å². The van der Waals surface area contributed by atoms with Crippen molar-refractivity contribution in [2.75, 3.05) is 5.73 Å². The Hall–Kier alpha value is -1.77. The van der Waals surface area contributed by atoms with Gasteiger partial charge in [0.25, 0.3) is 0 Å². The lowest BCUT2D eigenvalue weighted by Crippen LogP contribution is -1.93. The van der Waals surface area contributed by atoms with Gasteiger partial charge in [0.2, 0.25) is 0 Å². The molecule has 0 amide bonds. The fourth-order valence-corrected chi connectivity index (χ4v) is 1.35. The summed E-state index contributed by atoms with van der Waals surface area (Å²) in [5.41, 5.74) is 8.67. The van der Waals surface area contributed by atoms with Crippen LogP contribution >= 0.6 is 0 Å². The van der Waals surface area contributed by atoms with Crippen LogP contribution in [-0.2, 0) is 0 Å². The zero-order valence-electron chi connectivity index (χ0n) is 8.14. The third kappa shape index (κ3) is 1.76. The average molecular weight is 187 g/mol. The summed E-state index contributed by atoms with van der Waals surface area (Å²) in [6.45, 7) is 2.11. The first-order chi connectivity index (χ1) is 6.75. The second kappa shape index (κ2) is 3.54. The third-order valence-electron chi connectivity index (χ3n) is 2.13. The monoisotopic (exact) mass is 187 g/mol. The van der Waals surface area contributed by atoms with Crippen molar-refractivity contribution in [3.8, 4) is 0 Å². The number of nitrogens with two attached hydrogens (primary N) is 1. The maximum absolute atomic E-state index is 5.60. The summed E-state index contributed by atoms with van der Waals surface area (Å²) in [5.74, 6) is 0. The van der Waals surface area contributed by atoms with Gasteiger partial charge in [0.1, 0.15) is 0 Å². The molecule has 3 heteroatoms. The number of aromatic nitrogens is 2. The summed E-state index contributed by atoms with van der Waals surface area (Å²) in [7, 11) is 0. The second-order valence-electron chi connectivity index (χ2n) is 3.43. The standard InChI is InChI=1S/C11H13N3/c1-9-3-2-4-11(6-5-9)14-8-10(12)7-13-14/h2,4-8H,3,12H2,1H3. The molecule has 2 N–H and O–H groups in total. The maximum atomic E-state index is 5.60. The van der Waals surface area contributed by atoms with Gasteiger partial charge in [-0.1, -0.05) is 17.7 Å². The minimum atomic E-state index is 0.684. The van der Waals surface area contributed by atoms with E-state index in [0.29, 0.717) is 5.69 Å². The van der Waals surface area contributed by atoms with Crippen molar-refractivity contribution in [1.29, 1.82) is 0 Å². The van der Waals surface area contributed by atoms with Crippen LogP contribution in [-0.4, -0.2) is 9.78 Å². The second-order valence-corrected chi connectivity index (χ2v) is 3.43. The van der Waals surface area contributed by atoms with Crippen LogP contribution in [0.15, 0.2) is 42.3 Å². The summed E-state index contributed by atoms with van der Waals surface area (Å²) < 4.78 is 1.78. The van der Waals surface area contributed by atoms with Gasteiger partial charge in [-0.3, -0.25) is 0 Å². The zero-order chi connectivity index (χ0) is 9.97. The lowest BCUT2D eigenvalue weighted by Gasteiger charge is -1.98. The summed E-state index contributed by atoms with van der Waals surface area (Å²) in [6, 6.07) is 0. The molecule has 0 aromatic carbocycles. The van der Waals surface area contributed by atoms with E-state index in [2.05, 4.69) is 30.3 Å². The molecule has 0 atom stereocenters. The molecule has 2 rings (SSSR count). The van der Waals surface area contributed by atoms with Crippen LogP contribution in [0.3, 0.4) is 0 Å². The Kier molecular flexibility index (Phi) is 2.23. The molecule has 0 fully saturated rings. The number of allylic oxidation sites excluding steroid dienone is 6. The lowest BCUT2D eigenvalue weighted by molar-refractivity contribution is 0.910. The molecular weight excluding hydrogens is 174 g/mol. The van der Waals surface area contributed by atoms with Gasteiger partial charge in [-0.05, 0) is 25.5 Å². The van der Waals surface area contributed by atoms with E-state index in [0.717, 1.165) is 12.1 Å². The van der Waals surface area contributed by atoms with E-state index in [-0.39, 0.29) is 0 Å². The molecule has 1 aliphatic rings. The molecule has 0 radical (unpaired) electrons. The van der Waals surface area contributed by atoms with Crippen molar-refractivity contribution in [2.24, 2.45) is 0 Å². The van der Waals surface area contributed by atoms with Crippen LogP contribution in [0.2, 0.25) is 0 Å². The van der Waals surface area contributed by atoms with E-state index < -0.39 is 0 Å². The number of anilines is 1. The van der Waals surface area contributed by atoms with Crippen molar-refractivity contribution in [3.05, 3.63) is 42.3 Å². The molecule has 0 bridgehead atoms. The van der Waals surface area contributed by atoms with Crippen molar-refractivity contribution < 1.29 is 0 Å². The van der Waals surface area contributed by atoms with Crippen molar-refractivity contribution in [2.45, 2.75) is 13.3 Å². The molecular formula is C11H13N3. The minimum absolute atomic E-state index is 0.684. The molecule has 1 aromatic rings. The Labute approximate surface area is 83.2 Å². The Bertz CT molecular complexity index is 421. The molecule has 0 saturated carbocycles. The number of hydrogen-bond acceptors (Lipinski definition) is 2. The molecule has 1 heterocycles. The summed E-state index contributed by atoms with van der Waals surface area (Å²) in [6.07, 6.45) is 12.8. The smallest absolute Gasteiger partial charge is 0.0724 e. The van der Waals surface area contributed by atoms with Crippen LogP contribution in [0.1, 0.15) is 13.3 Å². The molecule has 0 aliphatic heterocycles. The van der Waals surface area contributed by atoms with Gasteiger partial charge in [-0.2, -0.15) is 5.10 Å². The highest BCUT2D eigenvalue weighted by atomic mass is 15.3. The molecule has 72 valence electrons. The molecule has 1 aromatic heterocycles. The van der Waals surface area contributed by atoms with E-state index >= 15 is 0 Å². The van der Waals surface area contributed by atoms with Gasteiger partial charge in [0.05, 0.1) is 23.8 Å². The van der Waals surface area contributed by atoms with Gasteiger partial charge in [0, 0.05) is 0 Å². The molecule has 14 heavy (non-hydrogen) atoms. The zero-order valence-corrected chi connectivity index (χ0v) is 8.14. The average Bonchev–Trinajstić information content (AvgIpc) is 2.46. The third-order valence-corrected chi connectivity index (χ3v) is 2.13. The summed E-state index contributed by atoms with van der Waals surface area (Å²) in [5, 5.41) is 4.15. The van der Waals surface area contributed by atoms with Crippen LogP contribution in [0.25, 0.3) is 5.70 Å². The molecule has 1 aliphatic carbocycles. The highest BCUT2D eigenvalue weighted by Gasteiger charge is 2.00. The van der Waals surface area contributed by atoms with Crippen LogP contribution in [0.4, 0.5) is 5.69 Å². The largest absolute Gasteiger partial charge is 0.396 e. The fourth-order valence-electron chi connectivity index (χ4n) is 1.35. The SMILES string of the molecule is CC1=CC=C(n2cc(N)cn2)C=CC1. The van der Waals surface area contributed by atoms with Crippen molar-refractivity contribution >= 4 is 11.4 Å². The first-order valence-electron chi connectivity index (χ1n) is 4.60. The highest BCUT2D eigenvalue weighted by Crippen LogP contribution is 2.14. The Morgan fingerprint density at radius 1 is 1.43 bits per heavy atom. The lowest BCUT2D eigenvalue weighted by atomic mass is 10.2. The van der Waals surface area contributed by atoms with Crippen LogP contribution < -0.4 is 5.73 Å². The molecule has 0 spiro atoms. The highest BCUT2D eigenvalue weighted by molar-refractivity contribution is 5.60. The van der Waals surface area contributed by atoms with Crippen molar-refractivity contribution in [3.63, 3.8) is 0 Å². The predicted molar refractivity (Wildman–Crippen MR) is 58.4 cm³/mol. The van der Waals surface area contributed by atoms with E-state index in [1.54, 1.807) is 10.9 Å². The van der Waals surface area contributed by atoms with Gasteiger partial charge < -0.3 is 5.73 Å².